The van der Waals surface area contributed by atoms with Crippen molar-refractivity contribution in [3.8, 4) is 0 Å². The molecule has 1 amide bonds. The standard InChI is InChI=1S/C15H23NO2S2/c1-12-5-6-13(20-12)3-2-4-14(17)16-11-15(18)7-9-19-10-8-15/h5-6,18H,2-4,7-11H2,1H3,(H,16,17). The molecule has 0 bridgehead atoms. The van der Waals surface area contributed by atoms with Crippen molar-refractivity contribution in [2.45, 2.75) is 44.6 Å². The Morgan fingerprint density at radius 2 is 2.15 bits per heavy atom. The number of amides is 1. The van der Waals surface area contributed by atoms with Crippen LogP contribution >= 0.6 is 23.1 Å². The molecule has 1 aliphatic rings. The largest absolute Gasteiger partial charge is 0.388 e. The minimum atomic E-state index is -0.675. The van der Waals surface area contributed by atoms with E-state index in [9.17, 15) is 9.90 Å². The Balaban J connectivity index is 1.62. The molecule has 0 unspecified atom stereocenters. The number of thiophene rings is 1. The molecule has 1 saturated heterocycles. The van der Waals surface area contributed by atoms with Crippen molar-refractivity contribution >= 4 is 29.0 Å². The highest BCUT2D eigenvalue weighted by molar-refractivity contribution is 7.99. The lowest BCUT2D eigenvalue weighted by Gasteiger charge is -2.31. The average molecular weight is 313 g/mol. The maximum Gasteiger partial charge on any atom is 0.220 e. The molecular weight excluding hydrogens is 290 g/mol. The number of carbonyl (C=O) groups is 1. The number of nitrogens with one attached hydrogen (secondary N) is 1. The minimum Gasteiger partial charge on any atom is -0.388 e. The summed E-state index contributed by atoms with van der Waals surface area (Å²) in [4.78, 5) is 14.5. The Hall–Kier alpha value is -0.520. The van der Waals surface area contributed by atoms with Crippen LogP contribution in [0.4, 0.5) is 0 Å². The molecule has 0 atom stereocenters. The molecule has 2 heterocycles. The van der Waals surface area contributed by atoms with Crippen LogP contribution in [0.25, 0.3) is 0 Å². The van der Waals surface area contributed by atoms with Gasteiger partial charge < -0.3 is 10.4 Å². The lowest BCUT2D eigenvalue weighted by Crippen LogP contribution is -2.45. The Morgan fingerprint density at radius 1 is 1.40 bits per heavy atom. The smallest absolute Gasteiger partial charge is 0.220 e. The van der Waals surface area contributed by atoms with Crippen molar-refractivity contribution in [1.82, 2.24) is 5.32 Å². The van der Waals surface area contributed by atoms with E-state index in [1.54, 1.807) is 11.3 Å². The Kier molecular flexibility index (Phi) is 5.93. The fourth-order valence-electron chi connectivity index (χ4n) is 2.32. The highest BCUT2D eigenvalue weighted by Gasteiger charge is 2.29. The third-order valence-electron chi connectivity index (χ3n) is 3.66. The van der Waals surface area contributed by atoms with Gasteiger partial charge >= 0.3 is 0 Å². The molecule has 112 valence electrons. The molecule has 0 aromatic carbocycles. The highest BCUT2D eigenvalue weighted by Crippen LogP contribution is 2.26. The summed E-state index contributed by atoms with van der Waals surface area (Å²) < 4.78 is 0. The summed E-state index contributed by atoms with van der Waals surface area (Å²) in [5.74, 6) is 2.04. The van der Waals surface area contributed by atoms with Gasteiger partial charge in [-0.05, 0) is 56.2 Å². The van der Waals surface area contributed by atoms with Gasteiger partial charge in [0.25, 0.3) is 0 Å². The van der Waals surface area contributed by atoms with Crippen molar-refractivity contribution in [2.24, 2.45) is 0 Å². The van der Waals surface area contributed by atoms with E-state index in [0.717, 1.165) is 37.2 Å². The van der Waals surface area contributed by atoms with Gasteiger partial charge in [-0.2, -0.15) is 11.8 Å². The molecule has 1 aromatic rings. The van der Waals surface area contributed by atoms with E-state index >= 15 is 0 Å². The predicted octanol–water partition coefficient (Wildman–Crippen LogP) is 2.75. The van der Waals surface area contributed by atoms with Crippen LogP contribution in [0.15, 0.2) is 12.1 Å². The molecule has 0 saturated carbocycles. The number of aryl methyl sites for hydroxylation is 2. The number of rotatable bonds is 6. The van der Waals surface area contributed by atoms with Gasteiger partial charge in [-0.25, -0.2) is 0 Å². The summed E-state index contributed by atoms with van der Waals surface area (Å²) in [7, 11) is 0. The molecule has 20 heavy (non-hydrogen) atoms. The van der Waals surface area contributed by atoms with E-state index in [1.165, 1.54) is 9.75 Å². The monoisotopic (exact) mass is 313 g/mol. The van der Waals surface area contributed by atoms with Crippen molar-refractivity contribution in [2.75, 3.05) is 18.1 Å². The van der Waals surface area contributed by atoms with Gasteiger partial charge in [-0.1, -0.05) is 0 Å². The number of aliphatic hydroxyl groups is 1. The van der Waals surface area contributed by atoms with Gasteiger partial charge in [0.1, 0.15) is 0 Å². The fraction of sp³-hybridized carbons (Fsp3) is 0.667. The molecule has 2 rings (SSSR count). The maximum atomic E-state index is 11.8. The van der Waals surface area contributed by atoms with Crippen LogP contribution in [-0.2, 0) is 11.2 Å². The zero-order valence-electron chi connectivity index (χ0n) is 12.0. The lowest BCUT2D eigenvalue weighted by atomic mass is 9.97. The maximum absolute atomic E-state index is 11.8. The fourth-order valence-corrected chi connectivity index (χ4v) is 4.51. The number of thioether (sulfide) groups is 1. The Labute approximate surface area is 129 Å². The molecular formula is C15H23NO2S2. The van der Waals surface area contributed by atoms with Gasteiger partial charge in [-0.3, -0.25) is 4.79 Å². The van der Waals surface area contributed by atoms with Crippen LogP contribution in [0.3, 0.4) is 0 Å². The van der Waals surface area contributed by atoms with Crippen LogP contribution in [0, 0.1) is 6.92 Å². The molecule has 0 radical (unpaired) electrons. The first-order valence-corrected chi connectivity index (χ1v) is 9.17. The summed E-state index contributed by atoms with van der Waals surface area (Å²) in [5.41, 5.74) is -0.675. The van der Waals surface area contributed by atoms with Gasteiger partial charge in [0.2, 0.25) is 5.91 Å². The summed E-state index contributed by atoms with van der Waals surface area (Å²) in [5, 5.41) is 13.2. The molecule has 1 aliphatic heterocycles. The highest BCUT2D eigenvalue weighted by atomic mass is 32.2. The van der Waals surface area contributed by atoms with Gasteiger partial charge in [0.05, 0.1) is 5.60 Å². The third kappa shape index (κ3) is 5.11. The number of hydrogen-bond donors (Lipinski definition) is 2. The van der Waals surface area contributed by atoms with Crippen LogP contribution < -0.4 is 5.32 Å². The second-order valence-corrected chi connectivity index (χ2v) is 8.08. The quantitative estimate of drug-likeness (QED) is 0.849. The molecule has 0 spiro atoms. The molecule has 1 aromatic heterocycles. The number of hydrogen-bond acceptors (Lipinski definition) is 4. The van der Waals surface area contributed by atoms with Crippen molar-refractivity contribution in [3.63, 3.8) is 0 Å². The SMILES string of the molecule is Cc1ccc(CCCC(=O)NCC2(O)CCSCC2)s1. The van der Waals surface area contributed by atoms with E-state index in [4.69, 9.17) is 0 Å². The predicted molar refractivity (Wildman–Crippen MR) is 86.5 cm³/mol. The van der Waals surface area contributed by atoms with E-state index in [0.29, 0.717) is 13.0 Å². The van der Waals surface area contributed by atoms with Crippen molar-refractivity contribution < 1.29 is 9.90 Å². The van der Waals surface area contributed by atoms with Crippen molar-refractivity contribution in [1.29, 1.82) is 0 Å². The van der Waals surface area contributed by atoms with E-state index in [1.807, 2.05) is 11.8 Å². The summed E-state index contributed by atoms with van der Waals surface area (Å²) in [6.45, 7) is 2.51. The van der Waals surface area contributed by atoms with Gasteiger partial charge in [-0.15, -0.1) is 11.3 Å². The van der Waals surface area contributed by atoms with Crippen LogP contribution in [0.2, 0.25) is 0 Å². The zero-order valence-corrected chi connectivity index (χ0v) is 13.6. The average Bonchev–Trinajstić information content (AvgIpc) is 2.83. The second-order valence-electron chi connectivity index (χ2n) is 5.48. The molecule has 3 nitrogen and oxygen atoms in total. The summed E-state index contributed by atoms with van der Waals surface area (Å²) >= 11 is 3.67. The lowest BCUT2D eigenvalue weighted by molar-refractivity contribution is -0.122. The molecule has 2 N–H and O–H groups in total. The topological polar surface area (TPSA) is 49.3 Å². The normalized spacial score (nSPS) is 17.9. The van der Waals surface area contributed by atoms with E-state index < -0.39 is 5.60 Å². The Bertz CT molecular complexity index is 439. The van der Waals surface area contributed by atoms with Crippen LogP contribution in [0.5, 0.6) is 0 Å². The first kappa shape index (κ1) is 15.9. The van der Waals surface area contributed by atoms with E-state index in [-0.39, 0.29) is 5.91 Å². The first-order chi connectivity index (χ1) is 9.57. The van der Waals surface area contributed by atoms with Gasteiger partial charge in [0.15, 0.2) is 0 Å². The second kappa shape index (κ2) is 7.48. The third-order valence-corrected chi connectivity index (χ3v) is 5.71. The number of carbonyl (C=O) groups excluding carboxylic acids is 1. The molecule has 5 heteroatoms. The van der Waals surface area contributed by atoms with Crippen molar-refractivity contribution in [3.05, 3.63) is 21.9 Å². The molecule has 1 fully saturated rings. The minimum absolute atomic E-state index is 0.0601. The van der Waals surface area contributed by atoms with Crippen LogP contribution in [0.1, 0.15) is 35.4 Å². The summed E-state index contributed by atoms with van der Waals surface area (Å²) in [6, 6.07) is 4.26. The molecule has 0 aliphatic carbocycles. The first-order valence-electron chi connectivity index (χ1n) is 7.20. The Morgan fingerprint density at radius 3 is 2.80 bits per heavy atom. The van der Waals surface area contributed by atoms with Crippen LogP contribution in [-0.4, -0.2) is 34.7 Å². The van der Waals surface area contributed by atoms with Gasteiger partial charge in [0, 0.05) is 22.7 Å². The summed E-state index contributed by atoms with van der Waals surface area (Å²) in [6.07, 6.45) is 3.95. The zero-order chi connectivity index (χ0) is 14.4. The van der Waals surface area contributed by atoms with E-state index in [2.05, 4.69) is 24.4 Å².